The number of ether oxygens (including phenoxy) is 1. The zero-order chi connectivity index (χ0) is 19.5. The second-order valence-electron chi connectivity index (χ2n) is 6.69. The van der Waals surface area contributed by atoms with E-state index in [9.17, 15) is 4.79 Å². The quantitative estimate of drug-likeness (QED) is 0.622. The molecule has 144 valence electrons. The Labute approximate surface area is 168 Å². The van der Waals surface area contributed by atoms with Gasteiger partial charge in [-0.3, -0.25) is 9.36 Å². The molecular weight excluding hydrogens is 372 g/mol. The Morgan fingerprint density at radius 3 is 2.61 bits per heavy atom. The Morgan fingerprint density at radius 2 is 1.86 bits per heavy atom. The zero-order valence-corrected chi connectivity index (χ0v) is 16.8. The molecule has 0 bridgehead atoms. The number of carbonyl (C=O) groups is 1. The summed E-state index contributed by atoms with van der Waals surface area (Å²) in [6.45, 7) is 3.35. The third-order valence-electron chi connectivity index (χ3n) is 4.93. The number of fused-ring (bicyclic) bond motifs is 1. The van der Waals surface area contributed by atoms with Gasteiger partial charge in [0.1, 0.15) is 11.6 Å². The number of hydrogen-bond donors (Lipinski definition) is 0. The Balaban J connectivity index is 1.45. The predicted octanol–water partition coefficient (Wildman–Crippen LogP) is 3.26. The van der Waals surface area contributed by atoms with Crippen molar-refractivity contribution in [1.82, 2.24) is 19.7 Å². The highest BCUT2D eigenvalue weighted by atomic mass is 32.2. The van der Waals surface area contributed by atoms with Crippen molar-refractivity contribution in [2.75, 3.05) is 19.4 Å². The monoisotopic (exact) mass is 394 g/mol. The van der Waals surface area contributed by atoms with Gasteiger partial charge in [0, 0.05) is 18.8 Å². The average Bonchev–Trinajstić information content (AvgIpc) is 3.12. The second-order valence-corrected chi connectivity index (χ2v) is 7.63. The number of nitrogens with zero attached hydrogens (tertiary/aromatic N) is 4. The van der Waals surface area contributed by atoms with Crippen LogP contribution in [0.4, 0.5) is 0 Å². The number of carbonyl (C=O) groups excluding carboxylic acids is 1. The number of hydrogen-bond acceptors (Lipinski definition) is 5. The zero-order valence-electron chi connectivity index (χ0n) is 16.0. The summed E-state index contributed by atoms with van der Waals surface area (Å²) in [5.41, 5.74) is 3.53. The van der Waals surface area contributed by atoms with Gasteiger partial charge >= 0.3 is 0 Å². The Kier molecular flexibility index (Phi) is 5.34. The van der Waals surface area contributed by atoms with Crippen molar-refractivity contribution in [3.8, 4) is 11.4 Å². The fourth-order valence-corrected chi connectivity index (χ4v) is 4.29. The van der Waals surface area contributed by atoms with Crippen LogP contribution in [-0.2, 0) is 17.8 Å². The topological polar surface area (TPSA) is 60.2 Å². The average molecular weight is 395 g/mol. The number of aryl methyl sites for hydroxylation is 1. The van der Waals surface area contributed by atoms with E-state index in [1.165, 1.54) is 22.9 Å². The van der Waals surface area contributed by atoms with Crippen LogP contribution in [0.5, 0.6) is 5.75 Å². The minimum Gasteiger partial charge on any atom is -0.497 e. The molecule has 7 heteroatoms. The van der Waals surface area contributed by atoms with Gasteiger partial charge in [0.15, 0.2) is 5.16 Å². The lowest BCUT2D eigenvalue weighted by atomic mass is 10.00. The summed E-state index contributed by atoms with van der Waals surface area (Å²) in [6.07, 6.45) is 0.910. The van der Waals surface area contributed by atoms with Crippen molar-refractivity contribution < 1.29 is 9.53 Å². The predicted molar refractivity (Wildman–Crippen MR) is 109 cm³/mol. The van der Waals surface area contributed by atoms with E-state index >= 15 is 0 Å². The molecule has 2 heterocycles. The number of thioether (sulfide) groups is 1. The maximum Gasteiger partial charge on any atom is 0.233 e. The van der Waals surface area contributed by atoms with Crippen LogP contribution < -0.4 is 4.74 Å². The first-order chi connectivity index (χ1) is 13.7. The van der Waals surface area contributed by atoms with Crippen LogP contribution in [-0.4, -0.2) is 45.0 Å². The van der Waals surface area contributed by atoms with Gasteiger partial charge in [-0.05, 0) is 48.7 Å². The van der Waals surface area contributed by atoms with E-state index in [2.05, 4.69) is 28.4 Å². The van der Waals surface area contributed by atoms with Gasteiger partial charge in [0.25, 0.3) is 0 Å². The number of aromatic nitrogens is 3. The van der Waals surface area contributed by atoms with Crippen LogP contribution >= 0.6 is 11.8 Å². The molecule has 1 aliphatic rings. The van der Waals surface area contributed by atoms with Gasteiger partial charge in [-0.1, -0.05) is 36.0 Å². The first-order valence-corrected chi connectivity index (χ1v) is 10.2. The summed E-state index contributed by atoms with van der Waals surface area (Å²) in [4.78, 5) is 14.7. The summed E-state index contributed by atoms with van der Waals surface area (Å²) in [5.74, 6) is 2.05. The smallest absolute Gasteiger partial charge is 0.233 e. The third kappa shape index (κ3) is 3.75. The fourth-order valence-electron chi connectivity index (χ4n) is 3.39. The van der Waals surface area contributed by atoms with Crippen molar-refractivity contribution in [2.24, 2.45) is 0 Å². The Hall–Kier alpha value is -2.80. The third-order valence-corrected chi connectivity index (χ3v) is 5.85. The highest BCUT2D eigenvalue weighted by molar-refractivity contribution is 7.99. The fraction of sp³-hybridized carbons (Fsp3) is 0.286. The van der Waals surface area contributed by atoms with Gasteiger partial charge in [-0.15, -0.1) is 10.2 Å². The van der Waals surface area contributed by atoms with Gasteiger partial charge in [0.2, 0.25) is 5.91 Å². The lowest BCUT2D eigenvalue weighted by Crippen LogP contribution is -2.37. The number of methoxy groups -OCH3 is 1. The van der Waals surface area contributed by atoms with Crippen molar-refractivity contribution >= 4 is 17.7 Å². The molecule has 4 rings (SSSR count). The lowest BCUT2D eigenvalue weighted by molar-refractivity contribution is -0.129. The lowest BCUT2D eigenvalue weighted by Gasteiger charge is -2.28. The van der Waals surface area contributed by atoms with E-state index in [1.54, 1.807) is 7.11 Å². The van der Waals surface area contributed by atoms with Gasteiger partial charge in [-0.2, -0.15) is 0 Å². The van der Waals surface area contributed by atoms with Crippen LogP contribution in [0.3, 0.4) is 0 Å². The molecular formula is C21H22N4O2S. The maximum atomic E-state index is 12.8. The molecule has 0 fully saturated rings. The normalized spacial score (nSPS) is 13.3. The van der Waals surface area contributed by atoms with Crippen LogP contribution in [0.15, 0.2) is 53.7 Å². The van der Waals surface area contributed by atoms with Gasteiger partial charge in [0.05, 0.1) is 12.9 Å². The van der Waals surface area contributed by atoms with Crippen molar-refractivity contribution in [3.05, 3.63) is 65.5 Å². The van der Waals surface area contributed by atoms with E-state index in [0.29, 0.717) is 17.5 Å². The summed E-state index contributed by atoms with van der Waals surface area (Å²) in [6, 6.07) is 16.1. The number of rotatable bonds is 5. The van der Waals surface area contributed by atoms with Crippen molar-refractivity contribution in [1.29, 1.82) is 0 Å². The van der Waals surface area contributed by atoms with Crippen LogP contribution in [0.2, 0.25) is 0 Å². The van der Waals surface area contributed by atoms with E-state index in [0.717, 1.165) is 30.2 Å². The minimum absolute atomic E-state index is 0.126. The highest BCUT2D eigenvalue weighted by Crippen LogP contribution is 2.25. The first-order valence-electron chi connectivity index (χ1n) is 9.19. The molecule has 0 unspecified atom stereocenters. The summed E-state index contributed by atoms with van der Waals surface area (Å²) < 4.78 is 7.18. The van der Waals surface area contributed by atoms with Gasteiger partial charge in [-0.25, -0.2) is 0 Å². The van der Waals surface area contributed by atoms with E-state index in [1.807, 2.05) is 46.7 Å². The SMILES string of the molecule is COc1ccc(-n2c(C)nnc2SCC(=O)N2CCc3ccccc3C2)cc1. The van der Waals surface area contributed by atoms with E-state index in [-0.39, 0.29) is 5.91 Å². The standard InChI is InChI=1S/C21H22N4O2S/c1-15-22-23-21(25(15)18-7-9-19(27-2)10-8-18)28-14-20(26)24-12-11-16-5-3-4-6-17(16)13-24/h3-10H,11-14H2,1-2H3. The summed E-state index contributed by atoms with van der Waals surface area (Å²) >= 11 is 1.42. The largest absolute Gasteiger partial charge is 0.497 e. The molecule has 0 aliphatic carbocycles. The molecule has 6 nitrogen and oxygen atoms in total. The van der Waals surface area contributed by atoms with Crippen molar-refractivity contribution in [3.63, 3.8) is 0 Å². The van der Waals surface area contributed by atoms with Crippen LogP contribution in [0, 0.1) is 6.92 Å². The number of benzene rings is 2. The Morgan fingerprint density at radius 1 is 1.11 bits per heavy atom. The highest BCUT2D eigenvalue weighted by Gasteiger charge is 2.21. The molecule has 28 heavy (non-hydrogen) atoms. The molecule has 3 aromatic rings. The molecule has 0 N–H and O–H groups in total. The van der Waals surface area contributed by atoms with Crippen LogP contribution in [0.25, 0.3) is 5.69 Å². The van der Waals surface area contributed by atoms with E-state index in [4.69, 9.17) is 4.74 Å². The second kappa shape index (κ2) is 8.06. The van der Waals surface area contributed by atoms with Crippen LogP contribution in [0.1, 0.15) is 17.0 Å². The molecule has 0 radical (unpaired) electrons. The van der Waals surface area contributed by atoms with E-state index < -0.39 is 0 Å². The maximum absolute atomic E-state index is 12.8. The molecule has 0 spiro atoms. The molecule has 2 aromatic carbocycles. The molecule has 1 aromatic heterocycles. The minimum atomic E-state index is 0.126. The summed E-state index contributed by atoms with van der Waals surface area (Å²) in [5, 5.41) is 9.17. The summed E-state index contributed by atoms with van der Waals surface area (Å²) in [7, 11) is 1.64. The van der Waals surface area contributed by atoms with Gasteiger partial charge < -0.3 is 9.64 Å². The molecule has 1 aliphatic heterocycles. The number of amides is 1. The molecule has 1 amide bonds. The first kappa shape index (κ1) is 18.6. The molecule has 0 saturated heterocycles. The Bertz CT molecular complexity index is 984. The van der Waals surface area contributed by atoms with Crippen molar-refractivity contribution in [2.45, 2.75) is 25.0 Å². The molecule has 0 atom stereocenters. The molecule has 0 saturated carbocycles.